The first-order valence-electron chi connectivity index (χ1n) is 5.44. The van der Waals surface area contributed by atoms with Crippen molar-refractivity contribution in [1.82, 2.24) is 5.32 Å². The summed E-state index contributed by atoms with van der Waals surface area (Å²) < 4.78 is 4.86. The molecule has 0 atom stereocenters. The molecule has 1 fully saturated rings. The lowest BCUT2D eigenvalue weighted by Gasteiger charge is -2.14. The molecule has 0 aromatic heterocycles. The molecule has 1 N–H and O–H groups in total. The van der Waals surface area contributed by atoms with Crippen LogP contribution in [0.3, 0.4) is 0 Å². The van der Waals surface area contributed by atoms with Gasteiger partial charge in [-0.1, -0.05) is 12.8 Å². The van der Waals surface area contributed by atoms with E-state index in [4.69, 9.17) is 4.74 Å². The molecule has 1 heterocycles. The van der Waals surface area contributed by atoms with Gasteiger partial charge in [-0.15, -0.1) is 0 Å². The van der Waals surface area contributed by atoms with Crippen LogP contribution in [0.15, 0.2) is 11.8 Å². The van der Waals surface area contributed by atoms with Crippen molar-refractivity contribution in [2.75, 3.05) is 13.2 Å². The van der Waals surface area contributed by atoms with Gasteiger partial charge in [-0.05, 0) is 26.2 Å². The molecule has 0 amide bonds. The standard InChI is InChI=1S/C11H19NO2/c1-2-14-11(13)9-10-7-5-3-4-6-8-12-10/h9,12H,2-8H2,1H3/b10-9-. The highest BCUT2D eigenvalue weighted by molar-refractivity contribution is 5.82. The highest BCUT2D eigenvalue weighted by Gasteiger charge is 2.04. The van der Waals surface area contributed by atoms with E-state index in [1.165, 1.54) is 19.3 Å². The maximum absolute atomic E-state index is 11.2. The molecule has 0 aliphatic carbocycles. The Kier molecular flexibility index (Phi) is 5.12. The summed E-state index contributed by atoms with van der Waals surface area (Å²) >= 11 is 0. The Morgan fingerprint density at radius 1 is 1.43 bits per heavy atom. The summed E-state index contributed by atoms with van der Waals surface area (Å²) in [5.41, 5.74) is 1.03. The van der Waals surface area contributed by atoms with Crippen molar-refractivity contribution in [2.24, 2.45) is 0 Å². The summed E-state index contributed by atoms with van der Waals surface area (Å²) in [6.07, 6.45) is 7.48. The van der Waals surface area contributed by atoms with E-state index in [1.54, 1.807) is 6.08 Å². The number of hydrogen-bond donors (Lipinski definition) is 1. The molecular weight excluding hydrogens is 178 g/mol. The summed E-state index contributed by atoms with van der Waals surface area (Å²) in [5, 5.41) is 3.27. The first-order valence-corrected chi connectivity index (χ1v) is 5.44. The molecule has 0 saturated carbocycles. The zero-order valence-corrected chi connectivity index (χ0v) is 8.84. The number of hydrogen-bond acceptors (Lipinski definition) is 3. The number of carbonyl (C=O) groups is 1. The van der Waals surface area contributed by atoms with Gasteiger partial charge in [0, 0.05) is 18.3 Å². The van der Waals surface area contributed by atoms with E-state index in [-0.39, 0.29) is 5.97 Å². The lowest BCUT2D eigenvalue weighted by Crippen LogP contribution is -2.18. The molecule has 0 spiro atoms. The highest BCUT2D eigenvalue weighted by atomic mass is 16.5. The van der Waals surface area contributed by atoms with Crippen molar-refractivity contribution in [2.45, 2.75) is 39.0 Å². The van der Waals surface area contributed by atoms with E-state index < -0.39 is 0 Å². The van der Waals surface area contributed by atoms with Gasteiger partial charge in [0.25, 0.3) is 0 Å². The van der Waals surface area contributed by atoms with Crippen molar-refractivity contribution in [3.63, 3.8) is 0 Å². The molecule has 3 heteroatoms. The van der Waals surface area contributed by atoms with Crippen LogP contribution in [0.4, 0.5) is 0 Å². The average molecular weight is 197 g/mol. The SMILES string of the molecule is CCOC(=O)/C=C1/CCCCCCN1. The summed E-state index contributed by atoms with van der Waals surface area (Å²) in [5.74, 6) is -0.226. The first-order chi connectivity index (χ1) is 6.83. The van der Waals surface area contributed by atoms with Crippen molar-refractivity contribution >= 4 is 5.97 Å². The van der Waals surface area contributed by atoms with E-state index in [0.717, 1.165) is 25.1 Å². The Bertz CT molecular complexity index is 201. The summed E-state index contributed by atoms with van der Waals surface area (Å²) in [7, 11) is 0. The van der Waals surface area contributed by atoms with E-state index in [1.807, 2.05) is 6.92 Å². The van der Waals surface area contributed by atoms with Gasteiger partial charge in [0.1, 0.15) is 0 Å². The summed E-state index contributed by atoms with van der Waals surface area (Å²) in [6, 6.07) is 0. The molecule has 1 aliphatic rings. The topological polar surface area (TPSA) is 38.3 Å². The second-order valence-corrected chi connectivity index (χ2v) is 3.51. The number of carbonyl (C=O) groups excluding carboxylic acids is 1. The molecule has 80 valence electrons. The predicted molar refractivity (Wildman–Crippen MR) is 55.8 cm³/mol. The van der Waals surface area contributed by atoms with Crippen LogP contribution in [0.25, 0.3) is 0 Å². The lowest BCUT2D eigenvalue weighted by molar-refractivity contribution is -0.137. The Morgan fingerprint density at radius 2 is 2.21 bits per heavy atom. The Morgan fingerprint density at radius 3 is 3.00 bits per heavy atom. The van der Waals surface area contributed by atoms with E-state index >= 15 is 0 Å². The van der Waals surface area contributed by atoms with Crippen LogP contribution < -0.4 is 5.32 Å². The van der Waals surface area contributed by atoms with Crippen LogP contribution in [0, 0.1) is 0 Å². The molecule has 1 saturated heterocycles. The van der Waals surface area contributed by atoms with Crippen molar-refractivity contribution in [1.29, 1.82) is 0 Å². The monoisotopic (exact) mass is 197 g/mol. The van der Waals surface area contributed by atoms with Crippen molar-refractivity contribution < 1.29 is 9.53 Å². The molecule has 0 aromatic carbocycles. The molecule has 0 aromatic rings. The minimum absolute atomic E-state index is 0.226. The van der Waals surface area contributed by atoms with Crippen LogP contribution in [-0.2, 0) is 9.53 Å². The second-order valence-electron chi connectivity index (χ2n) is 3.51. The Balaban J connectivity index is 2.41. The van der Waals surface area contributed by atoms with Crippen LogP contribution in [0.2, 0.25) is 0 Å². The Hall–Kier alpha value is -0.990. The fraction of sp³-hybridized carbons (Fsp3) is 0.727. The fourth-order valence-electron chi connectivity index (χ4n) is 1.58. The molecular formula is C11H19NO2. The third-order valence-corrected chi connectivity index (χ3v) is 2.30. The van der Waals surface area contributed by atoms with Crippen molar-refractivity contribution in [3.05, 3.63) is 11.8 Å². The summed E-state index contributed by atoms with van der Waals surface area (Å²) in [6.45, 7) is 3.25. The van der Waals surface area contributed by atoms with Gasteiger partial charge in [-0.2, -0.15) is 0 Å². The van der Waals surface area contributed by atoms with Gasteiger partial charge in [-0.3, -0.25) is 0 Å². The van der Waals surface area contributed by atoms with Crippen LogP contribution in [0.1, 0.15) is 39.0 Å². The largest absolute Gasteiger partial charge is 0.463 e. The quantitative estimate of drug-likeness (QED) is 0.543. The van der Waals surface area contributed by atoms with Crippen LogP contribution >= 0.6 is 0 Å². The molecule has 14 heavy (non-hydrogen) atoms. The van der Waals surface area contributed by atoms with Crippen LogP contribution in [0.5, 0.6) is 0 Å². The fourth-order valence-corrected chi connectivity index (χ4v) is 1.58. The number of ether oxygens (including phenoxy) is 1. The predicted octanol–water partition coefficient (Wildman–Crippen LogP) is 1.99. The summed E-state index contributed by atoms with van der Waals surface area (Å²) in [4.78, 5) is 11.2. The maximum Gasteiger partial charge on any atom is 0.332 e. The minimum Gasteiger partial charge on any atom is -0.463 e. The molecule has 0 unspecified atom stereocenters. The van der Waals surface area contributed by atoms with E-state index in [9.17, 15) is 4.79 Å². The third-order valence-electron chi connectivity index (χ3n) is 2.30. The lowest BCUT2D eigenvalue weighted by atomic mass is 10.1. The van der Waals surface area contributed by atoms with E-state index in [2.05, 4.69) is 5.32 Å². The van der Waals surface area contributed by atoms with Gasteiger partial charge < -0.3 is 10.1 Å². The minimum atomic E-state index is -0.226. The number of nitrogens with one attached hydrogen (secondary N) is 1. The molecule has 0 bridgehead atoms. The molecule has 3 nitrogen and oxygen atoms in total. The first kappa shape index (κ1) is 11.1. The van der Waals surface area contributed by atoms with Gasteiger partial charge >= 0.3 is 5.97 Å². The third kappa shape index (κ3) is 4.30. The normalized spacial score (nSPS) is 20.8. The zero-order valence-electron chi connectivity index (χ0n) is 8.84. The second kappa shape index (κ2) is 6.46. The van der Waals surface area contributed by atoms with Crippen molar-refractivity contribution in [3.8, 4) is 0 Å². The number of allylic oxidation sites excluding steroid dienone is 1. The number of rotatable bonds is 2. The highest BCUT2D eigenvalue weighted by Crippen LogP contribution is 2.11. The van der Waals surface area contributed by atoms with Gasteiger partial charge in [0.15, 0.2) is 0 Å². The van der Waals surface area contributed by atoms with Gasteiger partial charge in [0.2, 0.25) is 0 Å². The van der Waals surface area contributed by atoms with Crippen LogP contribution in [-0.4, -0.2) is 19.1 Å². The smallest absolute Gasteiger partial charge is 0.332 e. The number of esters is 1. The van der Waals surface area contributed by atoms with Gasteiger partial charge in [0.05, 0.1) is 6.61 Å². The van der Waals surface area contributed by atoms with Gasteiger partial charge in [-0.25, -0.2) is 4.79 Å². The maximum atomic E-state index is 11.2. The zero-order chi connectivity index (χ0) is 10.2. The molecule has 0 radical (unpaired) electrons. The van der Waals surface area contributed by atoms with E-state index in [0.29, 0.717) is 6.61 Å². The molecule has 1 rings (SSSR count). The Labute approximate surface area is 85.5 Å². The molecule has 1 aliphatic heterocycles. The average Bonchev–Trinajstić information content (AvgIpc) is 2.10.